The van der Waals surface area contributed by atoms with Gasteiger partial charge < -0.3 is 30.3 Å². The van der Waals surface area contributed by atoms with Crippen molar-refractivity contribution in [3.8, 4) is 11.5 Å². The summed E-state index contributed by atoms with van der Waals surface area (Å²) >= 11 is 6.36. The van der Waals surface area contributed by atoms with Crippen molar-refractivity contribution in [1.29, 1.82) is 0 Å². The molecular formula is C25H28ClN7O5. The minimum atomic E-state index is -0.398. The van der Waals surface area contributed by atoms with Crippen LogP contribution >= 0.6 is 11.6 Å². The Hall–Kier alpha value is -4.10. The summed E-state index contributed by atoms with van der Waals surface area (Å²) in [7, 11) is 5.39. The second-order valence-corrected chi connectivity index (χ2v) is 8.80. The summed E-state index contributed by atoms with van der Waals surface area (Å²) < 4.78 is 11.4. The fraction of sp³-hybridized carbons (Fsp3) is 0.240. The molecule has 200 valence electrons. The molecule has 0 radical (unpaired) electrons. The molecule has 38 heavy (non-hydrogen) atoms. The van der Waals surface area contributed by atoms with E-state index in [9.17, 15) is 10.0 Å². The number of likely N-dealkylation sites (N-methyl/N-ethyl adjacent to an activating group) is 1. The quantitative estimate of drug-likeness (QED) is 0.258. The molecular weight excluding hydrogens is 514 g/mol. The number of ether oxygens (including phenoxy) is 2. The van der Waals surface area contributed by atoms with E-state index in [1.165, 1.54) is 19.4 Å². The highest BCUT2D eigenvalue weighted by Gasteiger charge is 2.23. The summed E-state index contributed by atoms with van der Waals surface area (Å²) in [5, 5.41) is 20.0. The molecule has 0 fully saturated rings. The van der Waals surface area contributed by atoms with Crippen molar-refractivity contribution >= 4 is 52.0 Å². The lowest BCUT2D eigenvalue weighted by atomic mass is 10.1. The first-order valence-corrected chi connectivity index (χ1v) is 11.9. The van der Waals surface area contributed by atoms with Crippen LogP contribution in [0, 0.1) is 0 Å². The number of aromatic nitrogens is 2. The van der Waals surface area contributed by atoms with Gasteiger partial charge in [0.05, 0.1) is 30.4 Å². The molecule has 1 aliphatic heterocycles. The smallest absolute Gasteiger partial charge is 0.247 e. The maximum Gasteiger partial charge on any atom is 0.247 e. The molecule has 2 heterocycles. The van der Waals surface area contributed by atoms with Gasteiger partial charge >= 0.3 is 0 Å². The van der Waals surface area contributed by atoms with Crippen LogP contribution in [0.25, 0.3) is 0 Å². The number of carbonyl (C=O) groups is 1. The molecule has 0 aliphatic carbocycles. The molecule has 0 saturated carbocycles. The van der Waals surface area contributed by atoms with Gasteiger partial charge in [-0.15, -0.1) is 5.23 Å². The number of carbonyl (C=O) groups excluding carboxylic acids is 1. The number of methoxy groups -OCH3 is 1. The van der Waals surface area contributed by atoms with Gasteiger partial charge in [0.2, 0.25) is 11.9 Å². The van der Waals surface area contributed by atoms with Crippen LogP contribution in [-0.4, -0.2) is 60.3 Å². The second-order valence-electron chi connectivity index (χ2n) is 8.39. The summed E-state index contributed by atoms with van der Waals surface area (Å²) in [6.07, 6.45) is 2.60. The van der Waals surface area contributed by atoms with Crippen LogP contribution in [0.15, 0.2) is 49.2 Å². The number of anilines is 6. The number of nitrogens with zero attached hydrogens (tertiary/aromatic N) is 4. The Morgan fingerprint density at radius 1 is 1.26 bits per heavy atom. The number of amides is 1. The van der Waals surface area contributed by atoms with E-state index in [1.807, 2.05) is 31.1 Å². The van der Waals surface area contributed by atoms with E-state index < -0.39 is 5.91 Å². The topological polar surface area (TPSA) is 133 Å². The number of nitrogens with one attached hydrogen (secondary N) is 3. The lowest BCUT2D eigenvalue weighted by Crippen LogP contribution is -2.20. The maximum absolute atomic E-state index is 12.1. The van der Waals surface area contributed by atoms with E-state index >= 15 is 0 Å². The monoisotopic (exact) mass is 541 g/mol. The van der Waals surface area contributed by atoms with Gasteiger partial charge in [-0.3, -0.25) is 10.0 Å². The number of fused-ring (bicyclic) bond motifs is 1. The minimum absolute atomic E-state index is 0.196. The highest BCUT2D eigenvalue weighted by atomic mass is 35.5. The molecule has 1 amide bonds. The molecule has 4 N–H and O–H groups in total. The van der Waals surface area contributed by atoms with Gasteiger partial charge in [-0.2, -0.15) is 4.98 Å². The van der Waals surface area contributed by atoms with Crippen molar-refractivity contribution in [1.82, 2.24) is 14.9 Å². The number of hydrogen-bond acceptors (Lipinski definition) is 11. The average molecular weight is 542 g/mol. The highest BCUT2D eigenvalue weighted by molar-refractivity contribution is 6.33. The highest BCUT2D eigenvalue weighted by Crippen LogP contribution is 2.39. The van der Waals surface area contributed by atoms with E-state index in [-0.39, 0.29) is 17.6 Å². The number of rotatable bonds is 11. The van der Waals surface area contributed by atoms with Gasteiger partial charge in [0, 0.05) is 18.2 Å². The van der Waals surface area contributed by atoms with Crippen molar-refractivity contribution in [2.45, 2.75) is 6.61 Å². The summed E-state index contributed by atoms with van der Waals surface area (Å²) in [4.78, 5) is 28.0. The zero-order chi connectivity index (χ0) is 27.2. The van der Waals surface area contributed by atoms with Crippen molar-refractivity contribution in [3.63, 3.8) is 0 Å². The van der Waals surface area contributed by atoms with Crippen molar-refractivity contribution in [2.75, 3.05) is 55.5 Å². The fourth-order valence-corrected chi connectivity index (χ4v) is 3.70. The first-order chi connectivity index (χ1) is 18.3. The van der Waals surface area contributed by atoms with Crippen LogP contribution in [-0.2, 0) is 16.2 Å². The predicted molar refractivity (Wildman–Crippen MR) is 145 cm³/mol. The third-order valence-corrected chi connectivity index (χ3v) is 5.71. The first kappa shape index (κ1) is 26.9. The van der Waals surface area contributed by atoms with Gasteiger partial charge in [-0.05, 0) is 32.3 Å². The van der Waals surface area contributed by atoms with Crippen LogP contribution < -0.4 is 30.7 Å². The fourth-order valence-electron chi connectivity index (χ4n) is 3.56. The molecule has 13 heteroatoms. The number of halogens is 1. The molecule has 2 aromatic carbocycles. The molecule has 3 aromatic rings. The largest absolute Gasteiger partial charge is 0.494 e. The zero-order valence-corrected chi connectivity index (χ0v) is 21.9. The van der Waals surface area contributed by atoms with Gasteiger partial charge in [0.25, 0.3) is 0 Å². The molecule has 1 aliphatic rings. The van der Waals surface area contributed by atoms with E-state index in [4.69, 9.17) is 25.9 Å². The average Bonchev–Trinajstić information content (AvgIpc) is 3.28. The third kappa shape index (κ3) is 6.23. The Balaban J connectivity index is 1.63. The molecule has 4 rings (SSSR count). The Labute approximate surface area is 224 Å². The Morgan fingerprint density at radius 2 is 2.08 bits per heavy atom. The van der Waals surface area contributed by atoms with Crippen LogP contribution in [0.4, 0.5) is 34.5 Å². The Morgan fingerprint density at radius 3 is 2.82 bits per heavy atom. The second kappa shape index (κ2) is 12.0. The third-order valence-electron chi connectivity index (χ3n) is 5.44. The predicted octanol–water partition coefficient (Wildman–Crippen LogP) is 4.33. The van der Waals surface area contributed by atoms with Gasteiger partial charge in [-0.25, -0.2) is 9.82 Å². The minimum Gasteiger partial charge on any atom is -0.494 e. The van der Waals surface area contributed by atoms with Crippen molar-refractivity contribution in [2.24, 2.45) is 0 Å². The van der Waals surface area contributed by atoms with E-state index in [0.29, 0.717) is 58.4 Å². The maximum atomic E-state index is 12.1. The Bertz CT molecular complexity index is 1340. The first-order valence-electron chi connectivity index (χ1n) is 11.5. The van der Waals surface area contributed by atoms with Crippen molar-refractivity contribution < 1.29 is 24.3 Å². The van der Waals surface area contributed by atoms with E-state index in [1.54, 1.807) is 18.2 Å². The molecule has 0 atom stereocenters. The van der Waals surface area contributed by atoms with Crippen LogP contribution in [0.3, 0.4) is 0 Å². The van der Waals surface area contributed by atoms with Crippen LogP contribution in [0.1, 0.15) is 5.56 Å². The molecule has 0 spiro atoms. The van der Waals surface area contributed by atoms with Crippen molar-refractivity contribution in [3.05, 3.63) is 59.8 Å². The molecule has 12 nitrogen and oxygen atoms in total. The number of hydrogen-bond donors (Lipinski definition) is 4. The molecule has 0 unspecified atom stereocenters. The summed E-state index contributed by atoms with van der Waals surface area (Å²) in [6.45, 7) is 4.82. The lowest BCUT2D eigenvalue weighted by Gasteiger charge is -2.18. The van der Waals surface area contributed by atoms with Gasteiger partial charge in [-0.1, -0.05) is 30.3 Å². The molecule has 0 bridgehead atoms. The SMILES string of the molecule is C=CC(=O)Nc1cc(Nc2ncc(Cl)c(Nc3cccc4c3N(O)OC4)n2)c(OC)cc1OCCN(C)C. The summed E-state index contributed by atoms with van der Waals surface area (Å²) in [6, 6.07) is 8.74. The van der Waals surface area contributed by atoms with Crippen LogP contribution in [0.2, 0.25) is 5.02 Å². The Kier molecular flexibility index (Phi) is 8.48. The summed E-state index contributed by atoms with van der Waals surface area (Å²) in [5.41, 5.74) is 2.68. The summed E-state index contributed by atoms with van der Waals surface area (Å²) in [5.74, 6) is 0.953. The standard InChI is InChI=1S/C25H28ClN7O5/c1-5-22(34)28-19-11-18(20(36-4)12-21(19)37-10-9-32(2)3)30-25-27-13-16(26)24(31-25)29-17-8-6-7-15-14-38-33(35)23(15)17/h5-8,11-13,35H,1,9-10,14H2,2-4H3,(H,28,34)(H2,27,29,30,31). The number of para-hydroxylation sites is 1. The van der Waals surface area contributed by atoms with E-state index in [0.717, 1.165) is 5.56 Å². The molecule has 1 aromatic heterocycles. The van der Waals surface area contributed by atoms with Gasteiger partial charge in [0.1, 0.15) is 35.4 Å². The molecule has 0 saturated heterocycles. The van der Waals surface area contributed by atoms with Crippen LogP contribution in [0.5, 0.6) is 11.5 Å². The normalized spacial score (nSPS) is 12.2. The zero-order valence-electron chi connectivity index (χ0n) is 21.1. The van der Waals surface area contributed by atoms with Gasteiger partial charge in [0.15, 0.2) is 5.82 Å². The number of benzene rings is 2. The van der Waals surface area contributed by atoms with E-state index in [2.05, 4.69) is 32.5 Å². The lowest BCUT2D eigenvalue weighted by molar-refractivity contribution is -0.111.